The van der Waals surface area contributed by atoms with Gasteiger partial charge >= 0.3 is 0 Å². The van der Waals surface area contributed by atoms with Gasteiger partial charge in [-0.05, 0) is 31.4 Å². The lowest BCUT2D eigenvalue weighted by atomic mass is 10.1. The Balaban J connectivity index is 2.16. The van der Waals surface area contributed by atoms with Gasteiger partial charge in [0.15, 0.2) is 0 Å². The second kappa shape index (κ2) is 5.38. The lowest BCUT2D eigenvalue weighted by Gasteiger charge is -2.22. The summed E-state index contributed by atoms with van der Waals surface area (Å²) >= 11 is 0. The predicted molar refractivity (Wildman–Crippen MR) is 67.0 cm³/mol. The van der Waals surface area contributed by atoms with Gasteiger partial charge in [-0.3, -0.25) is 4.79 Å². The summed E-state index contributed by atoms with van der Waals surface area (Å²) in [6.07, 6.45) is 3.96. The summed E-state index contributed by atoms with van der Waals surface area (Å²) in [6.45, 7) is 2.75. The number of phenolic OH excluding ortho intramolecular Hbond substituents is 1. The van der Waals surface area contributed by atoms with Crippen molar-refractivity contribution in [1.82, 2.24) is 4.90 Å². The van der Waals surface area contributed by atoms with Crippen LogP contribution in [0.1, 0.15) is 43.0 Å². The minimum absolute atomic E-state index is 0.0517. The Morgan fingerprint density at radius 3 is 2.78 bits per heavy atom. The smallest absolute Gasteiger partial charge is 0.257 e. The van der Waals surface area contributed by atoms with Crippen LogP contribution in [0.2, 0.25) is 0 Å². The fraction of sp³-hybridized carbons (Fsp3) is 0.500. The van der Waals surface area contributed by atoms with E-state index in [1.54, 1.807) is 4.90 Å². The number of hydrogen-bond acceptors (Lipinski definition) is 2. The first-order chi connectivity index (χ1) is 8.63. The number of aromatic hydroxyl groups is 1. The van der Waals surface area contributed by atoms with Crippen molar-refractivity contribution in [2.75, 3.05) is 6.54 Å². The second-order valence-corrected chi connectivity index (χ2v) is 4.75. The van der Waals surface area contributed by atoms with Crippen LogP contribution in [0, 0.1) is 5.82 Å². The van der Waals surface area contributed by atoms with Crippen molar-refractivity contribution in [3.63, 3.8) is 0 Å². The Labute approximate surface area is 106 Å². The van der Waals surface area contributed by atoms with E-state index in [-0.39, 0.29) is 23.3 Å². The third-order valence-corrected chi connectivity index (χ3v) is 3.18. The maximum Gasteiger partial charge on any atom is 0.257 e. The van der Waals surface area contributed by atoms with E-state index in [1.165, 1.54) is 12.1 Å². The minimum atomic E-state index is -0.651. The lowest BCUT2D eigenvalue weighted by Crippen LogP contribution is -2.34. The molecular formula is C14H18FNO2. The van der Waals surface area contributed by atoms with Gasteiger partial charge < -0.3 is 10.0 Å². The number of halogens is 1. The number of unbranched alkanes of at least 4 members (excludes halogenated alkanes) is 1. The summed E-state index contributed by atoms with van der Waals surface area (Å²) in [6, 6.07) is 3.96. The number of hydrogen-bond donors (Lipinski definition) is 1. The number of amides is 1. The van der Waals surface area contributed by atoms with Crippen molar-refractivity contribution in [1.29, 1.82) is 0 Å². The molecule has 98 valence electrons. The third-order valence-electron chi connectivity index (χ3n) is 3.18. The van der Waals surface area contributed by atoms with Gasteiger partial charge in [-0.1, -0.05) is 13.3 Å². The first-order valence-electron chi connectivity index (χ1n) is 6.43. The highest BCUT2D eigenvalue weighted by molar-refractivity contribution is 5.95. The molecular weight excluding hydrogens is 233 g/mol. The molecule has 18 heavy (non-hydrogen) atoms. The van der Waals surface area contributed by atoms with Gasteiger partial charge in [0.25, 0.3) is 5.91 Å². The van der Waals surface area contributed by atoms with Gasteiger partial charge in [-0.25, -0.2) is 4.39 Å². The SMILES string of the molecule is CCCCN(C(=O)c1ccc(O)cc1F)C1CC1. The van der Waals surface area contributed by atoms with Gasteiger partial charge in [-0.2, -0.15) is 0 Å². The van der Waals surface area contributed by atoms with Crippen LogP contribution in [0.3, 0.4) is 0 Å². The third kappa shape index (κ3) is 2.81. The topological polar surface area (TPSA) is 40.5 Å². The standard InChI is InChI=1S/C14H18FNO2/c1-2-3-8-16(10-4-5-10)14(18)12-7-6-11(17)9-13(12)15/h6-7,9-10,17H,2-5,8H2,1H3. The second-order valence-electron chi connectivity index (χ2n) is 4.75. The highest BCUT2D eigenvalue weighted by Crippen LogP contribution is 2.29. The average molecular weight is 251 g/mol. The number of benzene rings is 1. The number of phenols is 1. The van der Waals surface area contributed by atoms with E-state index in [9.17, 15) is 9.18 Å². The molecule has 0 aliphatic heterocycles. The maximum absolute atomic E-state index is 13.7. The highest BCUT2D eigenvalue weighted by atomic mass is 19.1. The Morgan fingerprint density at radius 2 is 2.22 bits per heavy atom. The van der Waals surface area contributed by atoms with Gasteiger partial charge in [0.1, 0.15) is 11.6 Å². The van der Waals surface area contributed by atoms with Crippen LogP contribution in [0.15, 0.2) is 18.2 Å². The zero-order valence-corrected chi connectivity index (χ0v) is 10.5. The number of nitrogens with zero attached hydrogens (tertiary/aromatic N) is 1. The van der Waals surface area contributed by atoms with Crippen LogP contribution >= 0.6 is 0 Å². The van der Waals surface area contributed by atoms with Gasteiger partial charge in [-0.15, -0.1) is 0 Å². The molecule has 1 saturated carbocycles. The molecule has 1 aliphatic rings. The number of carbonyl (C=O) groups excluding carboxylic acids is 1. The van der Waals surface area contributed by atoms with E-state index in [4.69, 9.17) is 5.11 Å². The quantitative estimate of drug-likeness (QED) is 0.874. The summed E-state index contributed by atoms with van der Waals surface area (Å²) in [4.78, 5) is 14.0. The average Bonchev–Trinajstić information content (AvgIpc) is 3.13. The molecule has 0 radical (unpaired) electrons. The van der Waals surface area contributed by atoms with E-state index >= 15 is 0 Å². The van der Waals surface area contributed by atoms with Crippen LogP contribution < -0.4 is 0 Å². The normalized spacial score (nSPS) is 14.6. The Kier molecular flexibility index (Phi) is 3.84. The molecule has 0 spiro atoms. The van der Waals surface area contributed by atoms with E-state index < -0.39 is 5.82 Å². The van der Waals surface area contributed by atoms with Crippen molar-refractivity contribution < 1.29 is 14.3 Å². The molecule has 1 aliphatic carbocycles. The first-order valence-corrected chi connectivity index (χ1v) is 6.43. The molecule has 1 fully saturated rings. The minimum Gasteiger partial charge on any atom is -0.508 e. The van der Waals surface area contributed by atoms with Crippen LogP contribution in [0.4, 0.5) is 4.39 Å². The Morgan fingerprint density at radius 1 is 1.50 bits per heavy atom. The largest absolute Gasteiger partial charge is 0.508 e. The van der Waals surface area contributed by atoms with Gasteiger partial charge in [0, 0.05) is 18.7 Å². The van der Waals surface area contributed by atoms with Crippen molar-refractivity contribution in [3.8, 4) is 5.75 Å². The number of carbonyl (C=O) groups is 1. The van der Waals surface area contributed by atoms with Crippen molar-refractivity contribution in [2.45, 2.75) is 38.6 Å². The molecule has 1 N–H and O–H groups in total. The highest BCUT2D eigenvalue weighted by Gasteiger charge is 2.33. The molecule has 0 heterocycles. The van der Waals surface area contributed by atoms with Crippen molar-refractivity contribution in [3.05, 3.63) is 29.6 Å². The fourth-order valence-corrected chi connectivity index (χ4v) is 2.00. The molecule has 2 rings (SSSR count). The maximum atomic E-state index is 13.7. The van der Waals surface area contributed by atoms with Crippen LogP contribution in [-0.4, -0.2) is 28.5 Å². The molecule has 0 atom stereocenters. The monoisotopic (exact) mass is 251 g/mol. The summed E-state index contributed by atoms with van der Waals surface area (Å²) < 4.78 is 13.7. The zero-order chi connectivity index (χ0) is 13.1. The predicted octanol–water partition coefficient (Wildman–Crippen LogP) is 2.94. The van der Waals surface area contributed by atoms with E-state index in [1.807, 2.05) is 0 Å². The van der Waals surface area contributed by atoms with Crippen LogP contribution in [0.25, 0.3) is 0 Å². The molecule has 1 aromatic rings. The molecule has 0 bridgehead atoms. The van der Waals surface area contributed by atoms with E-state index in [2.05, 4.69) is 6.92 Å². The lowest BCUT2D eigenvalue weighted by molar-refractivity contribution is 0.0736. The summed E-state index contributed by atoms with van der Waals surface area (Å²) in [7, 11) is 0. The molecule has 0 unspecified atom stereocenters. The van der Waals surface area contributed by atoms with Gasteiger partial charge in [0.05, 0.1) is 5.56 Å². The number of rotatable bonds is 5. The van der Waals surface area contributed by atoms with Crippen LogP contribution in [-0.2, 0) is 0 Å². The molecule has 4 heteroatoms. The molecule has 0 aromatic heterocycles. The zero-order valence-electron chi connectivity index (χ0n) is 10.5. The Bertz CT molecular complexity index is 443. The van der Waals surface area contributed by atoms with Crippen molar-refractivity contribution >= 4 is 5.91 Å². The molecule has 3 nitrogen and oxygen atoms in total. The van der Waals surface area contributed by atoms with Crippen molar-refractivity contribution in [2.24, 2.45) is 0 Å². The van der Waals surface area contributed by atoms with E-state index in [0.717, 1.165) is 31.7 Å². The fourth-order valence-electron chi connectivity index (χ4n) is 2.00. The molecule has 1 amide bonds. The summed E-state index contributed by atoms with van der Waals surface area (Å²) in [5.74, 6) is -1.07. The molecule has 0 saturated heterocycles. The summed E-state index contributed by atoms with van der Waals surface area (Å²) in [5, 5.41) is 9.16. The van der Waals surface area contributed by atoms with E-state index in [0.29, 0.717) is 6.54 Å². The molecule has 1 aromatic carbocycles. The first kappa shape index (κ1) is 12.9. The summed E-state index contributed by atoms with van der Waals surface area (Å²) in [5.41, 5.74) is 0.0517. The Hall–Kier alpha value is -1.58. The van der Waals surface area contributed by atoms with Crippen LogP contribution in [0.5, 0.6) is 5.75 Å². The van der Waals surface area contributed by atoms with Gasteiger partial charge in [0.2, 0.25) is 0 Å².